The Labute approximate surface area is 404 Å². The molecule has 0 aliphatic heterocycles. The second-order valence-electron chi connectivity index (χ2n) is 18.1. The summed E-state index contributed by atoms with van der Waals surface area (Å²) in [4.78, 5) is 11.0. The molecule has 14 aromatic rings. The standard InChI is InChI=1S/C64H42N4OSi/c1-4-19-45(20-5-1)70(46-21-6-2-7-22-46,47-23-8-3-9-24-47)48-38-35-43(36-39-48)56-42-62(66-64(65-56)54-30-18-29-53-52-28-13-17-34-61(52)69-63(53)54)68-59-33-16-12-27-51(59)55-41-44(37-40-60(55)68)67-57-31-14-10-25-49(57)50-26-11-15-32-58(50)67/h1-42H. The summed E-state index contributed by atoms with van der Waals surface area (Å²) in [5.41, 5.74) is 9.85. The van der Waals surface area contributed by atoms with Gasteiger partial charge in [-0.2, -0.15) is 0 Å². The van der Waals surface area contributed by atoms with E-state index in [4.69, 9.17) is 14.4 Å². The van der Waals surface area contributed by atoms with E-state index in [1.165, 1.54) is 42.6 Å². The first-order valence-corrected chi connectivity index (χ1v) is 25.8. The summed E-state index contributed by atoms with van der Waals surface area (Å²) in [6.45, 7) is 0. The average molecular weight is 911 g/mol. The van der Waals surface area contributed by atoms with Gasteiger partial charge in [-0.3, -0.25) is 4.57 Å². The van der Waals surface area contributed by atoms with Crippen LogP contribution in [-0.4, -0.2) is 27.2 Å². The minimum Gasteiger partial charge on any atom is -0.455 e. The average Bonchev–Trinajstić information content (AvgIpc) is 4.10. The molecule has 14 rings (SSSR count). The molecule has 0 N–H and O–H groups in total. The van der Waals surface area contributed by atoms with Gasteiger partial charge in [-0.15, -0.1) is 0 Å². The zero-order valence-corrected chi connectivity index (χ0v) is 38.9. The molecule has 10 aromatic carbocycles. The van der Waals surface area contributed by atoms with Crippen molar-refractivity contribution in [2.24, 2.45) is 0 Å². The number of aromatic nitrogens is 4. The number of rotatable bonds is 8. The molecule has 0 atom stereocenters. The number of fused-ring (bicyclic) bond motifs is 9. The van der Waals surface area contributed by atoms with Crippen LogP contribution in [0.3, 0.4) is 0 Å². The van der Waals surface area contributed by atoms with Crippen LogP contribution in [0.5, 0.6) is 0 Å². The Morgan fingerprint density at radius 2 is 0.829 bits per heavy atom. The van der Waals surface area contributed by atoms with E-state index in [2.05, 4.69) is 252 Å². The monoisotopic (exact) mass is 910 g/mol. The SMILES string of the molecule is c1ccc([Si](c2ccccc2)(c2ccccc2)c2ccc(-c3cc(-n4c5ccccc5c5cc(-n6c7ccccc7c7ccccc76)ccc54)nc(-c4cccc5c4oc4ccccc45)n3)cc2)cc1. The Kier molecular flexibility index (Phi) is 9.15. The van der Waals surface area contributed by atoms with Crippen molar-refractivity contribution in [1.29, 1.82) is 0 Å². The highest BCUT2D eigenvalue weighted by molar-refractivity contribution is 7.19. The van der Waals surface area contributed by atoms with Gasteiger partial charge in [0.1, 0.15) is 17.0 Å². The van der Waals surface area contributed by atoms with E-state index in [0.29, 0.717) is 5.82 Å². The van der Waals surface area contributed by atoms with E-state index in [1.807, 2.05) is 12.1 Å². The first-order chi connectivity index (χ1) is 34.7. The first-order valence-electron chi connectivity index (χ1n) is 23.8. The smallest absolute Gasteiger partial charge is 0.179 e. The predicted octanol–water partition coefficient (Wildman–Crippen LogP) is 13.3. The maximum Gasteiger partial charge on any atom is 0.179 e. The van der Waals surface area contributed by atoms with Crippen molar-refractivity contribution in [3.63, 3.8) is 0 Å². The van der Waals surface area contributed by atoms with E-state index in [1.54, 1.807) is 0 Å². The third-order valence-electron chi connectivity index (χ3n) is 14.3. The van der Waals surface area contributed by atoms with Gasteiger partial charge in [0, 0.05) is 49.6 Å². The van der Waals surface area contributed by atoms with Crippen LogP contribution < -0.4 is 20.7 Å². The zero-order chi connectivity index (χ0) is 46.2. The second-order valence-corrected chi connectivity index (χ2v) is 21.9. The van der Waals surface area contributed by atoms with E-state index in [9.17, 15) is 0 Å². The molecule has 0 aliphatic carbocycles. The molecule has 6 heteroatoms. The Balaban J connectivity index is 0.996. The Morgan fingerprint density at radius 3 is 1.44 bits per heavy atom. The van der Waals surface area contributed by atoms with Crippen LogP contribution in [-0.2, 0) is 0 Å². The highest BCUT2D eigenvalue weighted by atomic mass is 28.3. The lowest BCUT2D eigenvalue weighted by atomic mass is 10.1. The van der Waals surface area contributed by atoms with Crippen LogP contribution in [0.15, 0.2) is 259 Å². The largest absolute Gasteiger partial charge is 0.455 e. The topological polar surface area (TPSA) is 48.8 Å². The lowest BCUT2D eigenvalue weighted by Gasteiger charge is -2.34. The molecular formula is C64H42N4OSi. The van der Waals surface area contributed by atoms with Gasteiger partial charge in [-0.05, 0) is 69.3 Å². The van der Waals surface area contributed by atoms with Gasteiger partial charge < -0.3 is 8.98 Å². The summed E-state index contributed by atoms with van der Waals surface area (Å²) >= 11 is 0. The van der Waals surface area contributed by atoms with Crippen molar-refractivity contribution in [3.8, 4) is 34.2 Å². The first kappa shape index (κ1) is 40.0. The van der Waals surface area contributed by atoms with Crippen LogP contribution in [0.4, 0.5) is 0 Å². The summed E-state index contributed by atoms with van der Waals surface area (Å²) in [5.74, 6) is 1.37. The number of furan rings is 1. The molecule has 0 spiro atoms. The zero-order valence-electron chi connectivity index (χ0n) is 37.9. The maximum atomic E-state index is 6.66. The van der Waals surface area contributed by atoms with Crippen molar-refractivity contribution in [2.45, 2.75) is 0 Å². The Hall–Kier alpha value is -9.10. The van der Waals surface area contributed by atoms with Gasteiger partial charge in [0.15, 0.2) is 13.9 Å². The van der Waals surface area contributed by atoms with Gasteiger partial charge in [0.25, 0.3) is 0 Å². The van der Waals surface area contributed by atoms with Gasteiger partial charge in [-0.1, -0.05) is 200 Å². The molecular weight excluding hydrogens is 869 g/mol. The van der Waals surface area contributed by atoms with Crippen LogP contribution in [0, 0.1) is 0 Å². The fourth-order valence-electron chi connectivity index (χ4n) is 11.2. The van der Waals surface area contributed by atoms with E-state index in [0.717, 1.165) is 72.1 Å². The predicted molar refractivity (Wildman–Crippen MR) is 292 cm³/mol. The van der Waals surface area contributed by atoms with Crippen molar-refractivity contribution in [1.82, 2.24) is 19.1 Å². The Morgan fingerprint density at radius 1 is 0.343 bits per heavy atom. The molecule has 0 bridgehead atoms. The fraction of sp³-hybridized carbons (Fsp3) is 0. The molecule has 0 saturated heterocycles. The molecule has 5 nitrogen and oxygen atoms in total. The number of hydrogen-bond acceptors (Lipinski definition) is 3. The summed E-state index contributed by atoms with van der Waals surface area (Å²) < 4.78 is 11.4. The lowest BCUT2D eigenvalue weighted by molar-refractivity contribution is 0.669. The van der Waals surface area contributed by atoms with Crippen LogP contribution >= 0.6 is 0 Å². The number of para-hydroxylation sites is 5. The van der Waals surface area contributed by atoms with Crippen LogP contribution in [0.25, 0.3) is 99.7 Å². The molecule has 4 aromatic heterocycles. The van der Waals surface area contributed by atoms with Crippen molar-refractivity contribution < 1.29 is 4.42 Å². The molecule has 0 unspecified atom stereocenters. The quantitative estimate of drug-likeness (QED) is 0.113. The van der Waals surface area contributed by atoms with E-state index < -0.39 is 8.07 Å². The third kappa shape index (κ3) is 6.10. The Bertz CT molecular complexity index is 4140. The lowest BCUT2D eigenvalue weighted by Crippen LogP contribution is -2.74. The number of hydrogen-bond donors (Lipinski definition) is 0. The summed E-state index contributed by atoms with van der Waals surface area (Å²) in [6.07, 6.45) is 0. The molecule has 0 radical (unpaired) electrons. The van der Waals surface area contributed by atoms with E-state index >= 15 is 0 Å². The van der Waals surface area contributed by atoms with Crippen molar-refractivity contribution in [2.75, 3.05) is 0 Å². The number of nitrogens with zero attached hydrogens (tertiary/aromatic N) is 4. The van der Waals surface area contributed by atoms with Crippen molar-refractivity contribution >= 4 is 94.4 Å². The molecule has 0 amide bonds. The van der Waals surface area contributed by atoms with Crippen molar-refractivity contribution in [3.05, 3.63) is 255 Å². The van der Waals surface area contributed by atoms with Gasteiger partial charge in [-0.25, -0.2) is 9.97 Å². The summed E-state index contributed by atoms with van der Waals surface area (Å²) in [7, 11) is -2.76. The molecule has 0 saturated carbocycles. The highest BCUT2D eigenvalue weighted by Crippen LogP contribution is 2.39. The number of benzene rings is 10. The maximum absolute atomic E-state index is 6.66. The normalized spacial score (nSPS) is 12.0. The molecule has 0 aliphatic rings. The van der Waals surface area contributed by atoms with Gasteiger partial charge in [0.2, 0.25) is 0 Å². The second kappa shape index (κ2) is 16.0. The van der Waals surface area contributed by atoms with Crippen LogP contribution in [0.1, 0.15) is 0 Å². The molecule has 0 fully saturated rings. The molecule has 4 heterocycles. The van der Waals surface area contributed by atoms with Gasteiger partial charge >= 0.3 is 0 Å². The van der Waals surface area contributed by atoms with Crippen LogP contribution in [0.2, 0.25) is 0 Å². The minimum absolute atomic E-state index is 0.593. The minimum atomic E-state index is -2.76. The molecule has 328 valence electrons. The summed E-state index contributed by atoms with van der Waals surface area (Å²) in [5, 5.41) is 12.2. The molecule has 70 heavy (non-hydrogen) atoms. The van der Waals surface area contributed by atoms with E-state index in [-0.39, 0.29) is 0 Å². The van der Waals surface area contributed by atoms with Gasteiger partial charge in [0.05, 0.1) is 33.3 Å². The highest BCUT2D eigenvalue weighted by Gasteiger charge is 2.41. The third-order valence-corrected chi connectivity index (χ3v) is 19.1. The fourth-order valence-corrected chi connectivity index (χ4v) is 16.0. The summed E-state index contributed by atoms with van der Waals surface area (Å²) in [6, 6.07) is 91.9.